The van der Waals surface area contributed by atoms with Crippen LogP contribution in [0.25, 0.3) is 33.4 Å². The van der Waals surface area contributed by atoms with E-state index >= 15 is 0 Å². The summed E-state index contributed by atoms with van der Waals surface area (Å²) >= 11 is 0. The van der Waals surface area contributed by atoms with Crippen molar-refractivity contribution in [2.75, 3.05) is 0 Å². The highest BCUT2D eigenvalue weighted by atomic mass is 19.1. The molecule has 6 rings (SSSR count). The fraction of sp³-hybridized carbons (Fsp3) is 0.0625. The van der Waals surface area contributed by atoms with Gasteiger partial charge in [-0.25, -0.2) is 17.6 Å². The van der Waals surface area contributed by atoms with Crippen LogP contribution in [-0.2, 0) is 5.41 Å². The topological polar surface area (TPSA) is 0 Å². The third-order valence-corrected chi connectivity index (χ3v) is 7.20. The number of halogens is 4. The van der Waals surface area contributed by atoms with Gasteiger partial charge in [-0.15, -0.1) is 0 Å². The monoisotopic (exact) mass is 480 g/mol. The van der Waals surface area contributed by atoms with Gasteiger partial charge < -0.3 is 0 Å². The summed E-state index contributed by atoms with van der Waals surface area (Å²) in [4.78, 5) is 0. The molecule has 0 fully saturated rings. The van der Waals surface area contributed by atoms with Gasteiger partial charge >= 0.3 is 0 Å². The van der Waals surface area contributed by atoms with Crippen molar-refractivity contribution in [1.82, 2.24) is 0 Å². The Hall–Kier alpha value is -4.18. The molecule has 0 radical (unpaired) electrons. The van der Waals surface area contributed by atoms with Gasteiger partial charge in [0.1, 0.15) is 23.3 Å². The van der Waals surface area contributed by atoms with Crippen LogP contribution < -0.4 is 0 Å². The van der Waals surface area contributed by atoms with E-state index in [1.807, 2.05) is 19.1 Å². The molecule has 0 amide bonds. The molecule has 4 heteroatoms. The average molecular weight is 481 g/mol. The molecule has 176 valence electrons. The van der Waals surface area contributed by atoms with Gasteiger partial charge in [-0.05, 0) is 118 Å². The molecule has 0 aliphatic heterocycles. The zero-order valence-electron chi connectivity index (χ0n) is 19.3. The molecular formula is C32H20F4. The summed E-state index contributed by atoms with van der Waals surface area (Å²) in [6.45, 7) is 2.01. The largest absolute Gasteiger partial charge is 0.207 e. The lowest BCUT2D eigenvalue weighted by Crippen LogP contribution is -2.23. The molecule has 0 spiro atoms. The van der Waals surface area contributed by atoms with Crippen molar-refractivity contribution in [3.8, 4) is 33.4 Å². The molecule has 0 nitrogen and oxygen atoms in total. The summed E-state index contributed by atoms with van der Waals surface area (Å²) < 4.78 is 56.0. The highest BCUT2D eigenvalue weighted by molar-refractivity contribution is 5.93. The van der Waals surface area contributed by atoms with Gasteiger partial charge in [-0.2, -0.15) is 0 Å². The van der Waals surface area contributed by atoms with Crippen LogP contribution in [0.5, 0.6) is 0 Å². The normalized spacial score (nSPS) is 16.0. The van der Waals surface area contributed by atoms with Gasteiger partial charge in [0.15, 0.2) is 0 Å². The molecule has 1 aliphatic carbocycles. The fourth-order valence-electron chi connectivity index (χ4n) is 5.44. The first-order valence-corrected chi connectivity index (χ1v) is 11.6. The van der Waals surface area contributed by atoms with Crippen LogP contribution in [0.3, 0.4) is 0 Å². The Kier molecular flexibility index (Phi) is 5.08. The van der Waals surface area contributed by atoms with Crippen molar-refractivity contribution in [3.05, 3.63) is 143 Å². The number of hydrogen-bond acceptors (Lipinski definition) is 0. The second kappa shape index (κ2) is 8.20. The predicted molar refractivity (Wildman–Crippen MR) is 135 cm³/mol. The lowest BCUT2D eigenvalue weighted by atomic mass is 9.71. The molecule has 1 unspecified atom stereocenters. The number of fused-ring (bicyclic) bond motifs is 3. The van der Waals surface area contributed by atoms with E-state index < -0.39 is 5.41 Å². The smallest absolute Gasteiger partial charge is 0.123 e. The first-order valence-electron chi connectivity index (χ1n) is 11.6. The number of benzene rings is 5. The third-order valence-electron chi connectivity index (χ3n) is 7.20. The average Bonchev–Trinajstić information content (AvgIpc) is 3.13. The molecule has 0 N–H and O–H groups in total. The number of hydrogen-bond donors (Lipinski definition) is 0. The lowest BCUT2D eigenvalue weighted by Gasteiger charge is -2.30. The Morgan fingerprint density at radius 2 is 0.944 bits per heavy atom. The molecule has 5 aromatic carbocycles. The van der Waals surface area contributed by atoms with Crippen molar-refractivity contribution >= 4 is 0 Å². The molecule has 0 aromatic heterocycles. The summed E-state index contributed by atoms with van der Waals surface area (Å²) in [6, 6.07) is 27.5. The van der Waals surface area contributed by atoms with Gasteiger partial charge in [0.2, 0.25) is 0 Å². The first kappa shape index (κ1) is 22.3. The van der Waals surface area contributed by atoms with E-state index in [1.165, 1.54) is 48.5 Å². The molecule has 1 aliphatic rings. The Labute approximate surface area is 206 Å². The summed E-state index contributed by atoms with van der Waals surface area (Å²) in [6.07, 6.45) is 0. The van der Waals surface area contributed by atoms with Crippen LogP contribution in [0, 0.1) is 23.3 Å². The SMILES string of the molecule is CC1(c2ccc(F)cc2)c2cc(F)ccc2-c2cc(-c3ccc(F)cc3)cc(-c3ccc(F)cc3)c21. The van der Waals surface area contributed by atoms with Crippen LogP contribution in [-0.4, -0.2) is 0 Å². The van der Waals surface area contributed by atoms with Gasteiger partial charge in [0.05, 0.1) is 0 Å². The van der Waals surface area contributed by atoms with Gasteiger partial charge in [-0.1, -0.05) is 42.5 Å². The first-order chi connectivity index (χ1) is 17.3. The predicted octanol–water partition coefficient (Wildman–Crippen LogP) is 8.91. The Morgan fingerprint density at radius 3 is 1.56 bits per heavy atom. The fourth-order valence-corrected chi connectivity index (χ4v) is 5.44. The maximum Gasteiger partial charge on any atom is 0.123 e. The number of rotatable bonds is 3. The minimum absolute atomic E-state index is 0.330. The van der Waals surface area contributed by atoms with Crippen molar-refractivity contribution < 1.29 is 17.6 Å². The summed E-state index contributed by atoms with van der Waals surface area (Å²) in [5.41, 5.74) is 6.78. The molecule has 0 saturated heterocycles. The van der Waals surface area contributed by atoms with E-state index in [1.54, 1.807) is 42.5 Å². The molecule has 1 atom stereocenters. The third kappa shape index (κ3) is 3.44. The Balaban J connectivity index is 1.72. The molecule has 0 saturated carbocycles. The van der Waals surface area contributed by atoms with Crippen molar-refractivity contribution in [3.63, 3.8) is 0 Å². The quantitative estimate of drug-likeness (QED) is 0.226. The molecule has 5 aromatic rings. The van der Waals surface area contributed by atoms with Crippen LogP contribution in [0.1, 0.15) is 23.6 Å². The maximum absolute atomic E-state index is 14.6. The van der Waals surface area contributed by atoms with Crippen LogP contribution >= 0.6 is 0 Å². The van der Waals surface area contributed by atoms with E-state index in [-0.39, 0.29) is 23.3 Å². The van der Waals surface area contributed by atoms with Crippen molar-refractivity contribution in [2.45, 2.75) is 12.3 Å². The van der Waals surface area contributed by atoms with Gasteiger partial charge in [-0.3, -0.25) is 0 Å². The van der Waals surface area contributed by atoms with E-state index in [9.17, 15) is 17.6 Å². The van der Waals surface area contributed by atoms with E-state index in [0.717, 1.165) is 50.1 Å². The highest BCUT2D eigenvalue weighted by Gasteiger charge is 2.43. The molecule has 36 heavy (non-hydrogen) atoms. The van der Waals surface area contributed by atoms with E-state index in [4.69, 9.17) is 0 Å². The Morgan fingerprint density at radius 1 is 0.444 bits per heavy atom. The zero-order chi connectivity index (χ0) is 25.0. The summed E-state index contributed by atoms with van der Waals surface area (Å²) in [5, 5.41) is 0. The second-order valence-electron chi connectivity index (χ2n) is 9.28. The minimum Gasteiger partial charge on any atom is -0.207 e. The summed E-state index contributed by atoms with van der Waals surface area (Å²) in [5.74, 6) is -1.40. The highest BCUT2D eigenvalue weighted by Crippen LogP contribution is 2.56. The van der Waals surface area contributed by atoms with Crippen molar-refractivity contribution in [2.24, 2.45) is 0 Å². The molecule has 0 bridgehead atoms. The maximum atomic E-state index is 14.6. The molecule has 0 heterocycles. The zero-order valence-corrected chi connectivity index (χ0v) is 19.3. The standard InChI is InChI=1S/C32H20F4/c1-32(22-6-12-25(35)13-7-22)30-18-26(36)14-15-27(30)29-17-21(19-2-8-23(33)9-3-19)16-28(31(29)32)20-4-10-24(34)11-5-20/h2-18H,1H3. The van der Waals surface area contributed by atoms with Crippen molar-refractivity contribution in [1.29, 1.82) is 0 Å². The van der Waals surface area contributed by atoms with E-state index in [0.29, 0.717) is 0 Å². The second-order valence-corrected chi connectivity index (χ2v) is 9.28. The van der Waals surface area contributed by atoms with Crippen LogP contribution in [0.4, 0.5) is 17.6 Å². The molecular weight excluding hydrogens is 460 g/mol. The lowest BCUT2D eigenvalue weighted by molar-refractivity contribution is 0.614. The summed E-state index contributed by atoms with van der Waals surface area (Å²) in [7, 11) is 0. The van der Waals surface area contributed by atoms with Gasteiger partial charge in [0, 0.05) is 5.41 Å². The van der Waals surface area contributed by atoms with Gasteiger partial charge in [0.25, 0.3) is 0 Å². The van der Waals surface area contributed by atoms with Crippen LogP contribution in [0.2, 0.25) is 0 Å². The minimum atomic E-state index is -0.800. The van der Waals surface area contributed by atoms with Crippen LogP contribution in [0.15, 0.2) is 103 Å². The Bertz CT molecular complexity index is 1600. The van der Waals surface area contributed by atoms with E-state index in [2.05, 4.69) is 0 Å².